The monoisotopic (exact) mass is 285 g/mol. The summed E-state index contributed by atoms with van der Waals surface area (Å²) in [7, 11) is 1.67. The van der Waals surface area contributed by atoms with Crippen LogP contribution in [0.2, 0.25) is 0 Å². The molecule has 4 nitrogen and oxygen atoms in total. The van der Waals surface area contributed by atoms with Gasteiger partial charge < -0.3 is 19.9 Å². The molecule has 0 radical (unpaired) electrons. The van der Waals surface area contributed by atoms with Gasteiger partial charge in [-0.15, -0.1) is 11.8 Å². The average Bonchev–Trinajstić information content (AvgIpc) is 2.41. The van der Waals surface area contributed by atoms with E-state index >= 15 is 0 Å². The molecular weight excluding hydrogens is 262 g/mol. The molecule has 19 heavy (non-hydrogen) atoms. The number of nitrogens with two attached hydrogens (primary N) is 1. The molecule has 0 aromatic heterocycles. The van der Waals surface area contributed by atoms with E-state index in [1.807, 2.05) is 25.1 Å². The molecule has 0 aliphatic rings. The van der Waals surface area contributed by atoms with E-state index in [4.69, 9.17) is 19.9 Å². The predicted molar refractivity (Wildman–Crippen MR) is 80.1 cm³/mol. The Kier molecular flexibility index (Phi) is 8.45. The maximum absolute atomic E-state index is 5.94. The number of hydrogen-bond donors (Lipinski definition) is 1. The van der Waals surface area contributed by atoms with Crippen molar-refractivity contribution in [1.82, 2.24) is 0 Å². The van der Waals surface area contributed by atoms with Gasteiger partial charge >= 0.3 is 0 Å². The number of benzene rings is 1. The first-order valence-corrected chi connectivity index (χ1v) is 7.48. The lowest BCUT2D eigenvalue weighted by Gasteiger charge is -2.09. The number of ether oxygens (including phenoxy) is 3. The fraction of sp³-hybridized carbons (Fsp3) is 0.571. The Morgan fingerprint density at radius 2 is 2.05 bits per heavy atom. The largest absolute Gasteiger partial charge is 0.494 e. The van der Waals surface area contributed by atoms with Crippen molar-refractivity contribution in [2.75, 3.05) is 45.0 Å². The number of rotatable bonds is 10. The number of nitrogen functional groups attached to an aromatic ring is 1. The van der Waals surface area contributed by atoms with E-state index in [1.165, 1.54) is 0 Å². The molecule has 1 rings (SSSR count). The van der Waals surface area contributed by atoms with E-state index in [-0.39, 0.29) is 0 Å². The Morgan fingerprint density at radius 3 is 2.79 bits per heavy atom. The lowest BCUT2D eigenvalue weighted by Crippen LogP contribution is -2.03. The molecule has 0 heterocycles. The predicted octanol–water partition coefficient (Wildman–Crippen LogP) is 2.81. The van der Waals surface area contributed by atoms with Crippen LogP contribution in [-0.4, -0.2) is 39.3 Å². The van der Waals surface area contributed by atoms with Gasteiger partial charge in [-0.05, 0) is 31.5 Å². The Hall–Kier alpha value is -0.910. The van der Waals surface area contributed by atoms with E-state index in [9.17, 15) is 0 Å². The third kappa shape index (κ3) is 6.71. The minimum absolute atomic E-state index is 0.649. The third-order valence-corrected chi connectivity index (χ3v) is 3.58. The SMILES string of the molecule is CCOc1ccc(N)c(SCCCOCCOC)c1. The third-order valence-electron chi connectivity index (χ3n) is 2.42. The summed E-state index contributed by atoms with van der Waals surface area (Å²) in [6.07, 6.45) is 0.993. The van der Waals surface area contributed by atoms with Crippen LogP contribution in [0.3, 0.4) is 0 Å². The van der Waals surface area contributed by atoms with Crippen molar-refractivity contribution in [2.45, 2.75) is 18.2 Å². The van der Waals surface area contributed by atoms with Crippen LogP contribution in [-0.2, 0) is 9.47 Å². The summed E-state index contributed by atoms with van der Waals surface area (Å²) in [4.78, 5) is 1.07. The van der Waals surface area contributed by atoms with Gasteiger partial charge in [-0.2, -0.15) is 0 Å². The zero-order chi connectivity index (χ0) is 13.9. The van der Waals surface area contributed by atoms with Crippen molar-refractivity contribution in [2.24, 2.45) is 0 Å². The van der Waals surface area contributed by atoms with Crippen LogP contribution in [0, 0.1) is 0 Å². The van der Waals surface area contributed by atoms with E-state index < -0.39 is 0 Å². The van der Waals surface area contributed by atoms with E-state index in [0.717, 1.165) is 35.1 Å². The standard InChI is InChI=1S/C14H23NO3S/c1-3-18-12-5-6-13(15)14(11-12)19-10-4-7-17-9-8-16-2/h5-6,11H,3-4,7-10,15H2,1-2H3. The zero-order valence-corrected chi connectivity index (χ0v) is 12.5. The smallest absolute Gasteiger partial charge is 0.120 e. The topological polar surface area (TPSA) is 53.7 Å². The quantitative estimate of drug-likeness (QED) is 0.407. The first-order chi connectivity index (χ1) is 9.27. The van der Waals surface area contributed by atoms with Gasteiger partial charge in [-0.25, -0.2) is 0 Å². The molecule has 0 bridgehead atoms. The van der Waals surface area contributed by atoms with Crippen LogP contribution in [0.15, 0.2) is 23.1 Å². The second kappa shape index (κ2) is 9.95. The molecule has 5 heteroatoms. The number of anilines is 1. The van der Waals surface area contributed by atoms with E-state index in [0.29, 0.717) is 19.8 Å². The molecular formula is C14H23NO3S. The summed E-state index contributed by atoms with van der Waals surface area (Å²) in [6.45, 7) is 4.70. The summed E-state index contributed by atoms with van der Waals surface area (Å²) in [5, 5.41) is 0. The lowest BCUT2D eigenvalue weighted by atomic mass is 10.3. The van der Waals surface area contributed by atoms with Crippen molar-refractivity contribution in [3.63, 3.8) is 0 Å². The fourth-order valence-electron chi connectivity index (χ4n) is 1.48. The van der Waals surface area contributed by atoms with Crippen LogP contribution < -0.4 is 10.5 Å². The molecule has 0 aliphatic carbocycles. The van der Waals surface area contributed by atoms with Crippen LogP contribution in [0.5, 0.6) is 5.75 Å². The molecule has 0 saturated carbocycles. The molecule has 0 saturated heterocycles. The average molecular weight is 285 g/mol. The summed E-state index contributed by atoms with van der Waals surface area (Å²) >= 11 is 1.73. The van der Waals surface area contributed by atoms with Crippen molar-refractivity contribution >= 4 is 17.4 Å². The van der Waals surface area contributed by atoms with Crippen LogP contribution >= 0.6 is 11.8 Å². The molecule has 1 aromatic rings. The molecule has 0 amide bonds. The molecule has 0 spiro atoms. The highest BCUT2D eigenvalue weighted by Crippen LogP contribution is 2.29. The van der Waals surface area contributed by atoms with E-state index in [2.05, 4.69) is 0 Å². The Bertz CT molecular complexity index is 361. The normalized spacial score (nSPS) is 10.6. The molecule has 108 valence electrons. The van der Waals surface area contributed by atoms with Gasteiger partial charge in [0, 0.05) is 30.1 Å². The van der Waals surface area contributed by atoms with Gasteiger partial charge in [-0.1, -0.05) is 0 Å². The molecule has 1 aromatic carbocycles. The Morgan fingerprint density at radius 1 is 1.21 bits per heavy atom. The molecule has 2 N–H and O–H groups in total. The first kappa shape index (κ1) is 16.1. The molecule has 0 atom stereocenters. The minimum atomic E-state index is 0.649. The fourth-order valence-corrected chi connectivity index (χ4v) is 2.40. The second-order valence-electron chi connectivity index (χ2n) is 3.94. The maximum atomic E-state index is 5.94. The summed E-state index contributed by atoms with van der Waals surface area (Å²) in [6, 6.07) is 5.79. The second-order valence-corrected chi connectivity index (χ2v) is 5.08. The highest BCUT2D eigenvalue weighted by atomic mass is 32.2. The molecule has 0 aliphatic heterocycles. The highest BCUT2D eigenvalue weighted by Gasteiger charge is 2.02. The molecule has 0 unspecified atom stereocenters. The number of hydrogen-bond acceptors (Lipinski definition) is 5. The van der Waals surface area contributed by atoms with E-state index in [1.54, 1.807) is 18.9 Å². The van der Waals surface area contributed by atoms with Crippen molar-refractivity contribution in [3.8, 4) is 5.75 Å². The molecule has 0 fully saturated rings. The number of methoxy groups -OCH3 is 1. The van der Waals surface area contributed by atoms with Crippen LogP contribution in [0.4, 0.5) is 5.69 Å². The van der Waals surface area contributed by atoms with Crippen molar-refractivity contribution in [3.05, 3.63) is 18.2 Å². The van der Waals surface area contributed by atoms with Gasteiger partial charge in [-0.3, -0.25) is 0 Å². The van der Waals surface area contributed by atoms with Gasteiger partial charge in [0.2, 0.25) is 0 Å². The van der Waals surface area contributed by atoms with Gasteiger partial charge in [0.05, 0.1) is 19.8 Å². The summed E-state index contributed by atoms with van der Waals surface area (Å²) in [5.74, 6) is 1.85. The first-order valence-electron chi connectivity index (χ1n) is 6.49. The van der Waals surface area contributed by atoms with Gasteiger partial charge in [0.25, 0.3) is 0 Å². The van der Waals surface area contributed by atoms with Crippen molar-refractivity contribution < 1.29 is 14.2 Å². The lowest BCUT2D eigenvalue weighted by molar-refractivity contribution is 0.0713. The van der Waals surface area contributed by atoms with Gasteiger partial charge in [0.1, 0.15) is 5.75 Å². The Balaban J connectivity index is 2.26. The summed E-state index contributed by atoms with van der Waals surface area (Å²) < 4.78 is 15.8. The Labute approximate surface area is 119 Å². The summed E-state index contributed by atoms with van der Waals surface area (Å²) in [5.41, 5.74) is 6.74. The van der Waals surface area contributed by atoms with Crippen LogP contribution in [0.1, 0.15) is 13.3 Å². The van der Waals surface area contributed by atoms with Gasteiger partial charge in [0.15, 0.2) is 0 Å². The van der Waals surface area contributed by atoms with Crippen molar-refractivity contribution in [1.29, 1.82) is 0 Å². The highest BCUT2D eigenvalue weighted by molar-refractivity contribution is 7.99. The number of thioether (sulfide) groups is 1. The minimum Gasteiger partial charge on any atom is -0.494 e. The van der Waals surface area contributed by atoms with Crippen LogP contribution in [0.25, 0.3) is 0 Å². The zero-order valence-electron chi connectivity index (χ0n) is 11.7. The maximum Gasteiger partial charge on any atom is 0.120 e.